The maximum absolute atomic E-state index is 13.2. The van der Waals surface area contributed by atoms with E-state index < -0.39 is 15.8 Å². The number of hydrogen-bond acceptors (Lipinski definition) is 7. The standard InChI is InChI=1S/C29H26FN5O4S/c1-18(19-4-8-22(30)9-5-19)28(36)31-23-10-6-20(7-11-23)21-14-15-35-27(16-21)33-29(34-35)32-25-13-12-24(40(3,37)38)17-26(25)39-2/h4-18H,1-3H3,(H,31,36)(H,32,34). The lowest BCUT2D eigenvalue weighted by atomic mass is 10.00. The fourth-order valence-corrected chi connectivity index (χ4v) is 4.78. The molecule has 2 heterocycles. The second-order valence-electron chi connectivity index (χ2n) is 9.25. The van der Waals surface area contributed by atoms with Gasteiger partial charge in [0.25, 0.3) is 0 Å². The van der Waals surface area contributed by atoms with Crippen molar-refractivity contribution < 1.29 is 22.3 Å². The second kappa shape index (κ2) is 10.8. The van der Waals surface area contributed by atoms with E-state index in [2.05, 4.69) is 20.7 Å². The predicted octanol–water partition coefficient (Wildman–Crippen LogP) is 5.43. The Morgan fingerprint density at radius 1 is 0.975 bits per heavy atom. The van der Waals surface area contributed by atoms with Crippen LogP contribution >= 0.6 is 0 Å². The molecular formula is C29H26FN5O4S. The van der Waals surface area contributed by atoms with Crippen LogP contribution in [0.3, 0.4) is 0 Å². The lowest BCUT2D eigenvalue weighted by molar-refractivity contribution is -0.117. The molecule has 204 valence electrons. The summed E-state index contributed by atoms with van der Waals surface area (Å²) < 4.78 is 43.9. The van der Waals surface area contributed by atoms with E-state index in [1.807, 2.05) is 36.4 Å². The minimum absolute atomic E-state index is 0.149. The summed E-state index contributed by atoms with van der Waals surface area (Å²) in [5.74, 6) is -0.300. The number of aromatic nitrogens is 3. The van der Waals surface area contributed by atoms with Crippen molar-refractivity contribution in [2.75, 3.05) is 24.0 Å². The van der Waals surface area contributed by atoms with Crippen LogP contribution in [-0.2, 0) is 14.6 Å². The lowest BCUT2D eigenvalue weighted by Gasteiger charge is -2.13. The van der Waals surface area contributed by atoms with Crippen LogP contribution in [0.1, 0.15) is 18.4 Å². The molecule has 1 amide bonds. The molecule has 0 radical (unpaired) electrons. The van der Waals surface area contributed by atoms with Crippen LogP contribution in [0.5, 0.6) is 5.75 Å². The maximum atomic E-state index is 13.2. The first-order valence-electron chi connectivity index (χ1n) is 12.3. The zero-order chi connectivity index (χ0) is 28.4. The van der Waals surface area contributed by atoms with Crippen LogP contribution in [0.15, 0.2) is 90.0 Å². The van der Waals surface area contributed by atoms with E-state index in [1.165, 1.54) is 31.4 Å². The summed E-state index contributed by atoms with van der Waals surface area (Å²) in [4.78, 5) is 17.4. The van der Waals surface area contributed by atoms with E-state index in [9.17, 15) is 17.6 Å². The maximum Gasteiger partial charge on any atom is 0.247 e. The van der Waals surface area contributed by atoms with Gasteiger partial charge in [0.15, 0.2) is 15.5 Å². The predicted molar refractivity (Wildman–Crippen MR) is 151 cm³/mol. The van der Waals surface area contributed by atoms with Crippen LogP contribution < -0.4 is 15.4 Å². The first kappa shape index (κ1) is 26.8. The van der Waals surface area contributed by atoms with Gasteiger partial charge >= 0.3 is 0 Å². The molecule has 3 aromatic carbocycles. The Labute approximate surface area is 230 Å². The number of nitrogens with zero attached hydrogens (tertiary/aromatic N) is 3. The van der Waals surface area contributed by atoms with E-state index in [0.717, 1.165) is 22.9 Å². The van der Waals surface area contributed by atoms with Crippen LogP contribution in [-0.4, -0.2) is 42.3 Å². The number of nitrogens with one attached hydrogen (secondary N) is 2. The molecule has 0 fully saturated rings. The molecule has 5 rings (SSSR count). The van der Waals surface area contributed by atoms with Gasteiger partial charge in [-0.25, -0.2) is 17.3 Å². The molecule has 1 unspecified atom stereocenters. The van der Waals surface area contributed by atoms with Gasteiger partial charge in [-0.3, -0.25) is 4.79 Å². The number of rotatable bonds is 8. The number of pyridine rings is 1. The molecule has 0 aliphatic heterocycles. The Morgan fingerprint density at radius 3 is 2.38 bits per heavy atom. The van der Waals surface area contributed by atoms with Crippen LogP contribution in [0.4, 0.5) is 21.7 Å². The van der Waals surface area contributed by atoms with Crippen molar-refractivity contribution in [2.24, 2.45) is 0 Å². The Hall–Kier alpha value is -4.77. The third kappa shape index (κ3) is 5.79. The average Bonchev–Trinajstić information content (AvgIpc) is 3.34. The van der Waals surface area contributed by atoms with Gasteiger partial charge in [0.05, 0.1) is 23.6 Å². The first-order chi connectivity index (χ1) is 19.1. The van der Waals surface area contributed by atoms with Crippen molar-refractivity contribution >= 4 is 38.7 Å². The number of hydrogen-bond donors (Lipinski definition) is 2. The molecule has 1 atom stereocenters. The van der Waals surface area contributed by atoms with Crippen molar-refractivity contribution in [3.05, 3.63) is 96.4 Å². The Bertz CT molecular complexity index is 1800. The average molecular weight is 560 g/mol. The molecule has 2 N–H and O–H groups in total. The SMILES string of the molecule is COc1cc(S(C)(=O)=O)ccc1Nc1nc2cc(-c3ccc(NC(=O)C(C)c4ccc(F)cc4)cc3)ccn2n1. The van der Waals surface area contributed by atoms with Gasteiger partial charge in [0.2, 0.25) is 11.9 Å². The summed E-state index contributed by atoms with van der Waals surface area (Å²) in [6.45, 7) is 1.77. The van der Waals surface area contributed by atoms with Crippen molar-refractivity contribution in [2.45, 2.75) is 17.7 Å². The van der Waals surface area contributed by atoms with Crippen molar-refractivity contribution in [1.82, 2.24) is 14.6 Å². The quantitative estimate of drug-likeness (QED) is 0.260. The minimum Gasteiger partial charge on any atom is -0.495 e. The number of amides is 1. The second-order valence-corrected chi connectivity index (χ2v) is 11.3. The summed E-state index contributed by atoms with van der Waals surface area (Å²) in [5.41, 5.74) is 4.32. The first-order valence-corrected chi connectivity index (χ1v) is 14.2. The molecule has 0 spiro atoms. The number of anilines is 3. The number of methoxy groups -OCH3 is 1. The van der Waals surface area contributed by atoms with E-state index in [-0.39, 0.29) is 16.6 Å². The Balaban J connectivity index is 1.30. The topological polar surface area (TPSA) is 115 Å². The molecule has 2 aromatic heterocycles. The van der Waals surface area contributed by atoms with Gasteiger partial charge < -0.3 is 15.4 Å². The monoisotopic (exact) mass is 559 g/mol. The highest BCUT2D eigenvalue weighted by Gasteiger charge is 2.16. The summed E-state index contributed by atoms with van der Waals surface area (Å²) in [6, 6.07) is 21.6. The van der Waals surface area contributed by atoms with Crippen LogP contribution in [0, 0.1) is 5.82 Å². The van der Waals surface area contributed by atoms with Gasteiger partial charge in [-0.15, -0.1) is 5.10 Å². The minimum atomic E-state index is -3.38. The normalized spacial score (nSPS) is 12.2. The smallest absolute Gasteiger partial charge is 0.247 e. The van der Waals surface area contributed by atoms with Gasteiger partial charge in [0.1, 0.15) is 11.6 Å². The van der Waals surface area contributed by atoms with E-state index in [4.69, 9.17) is 4.74 Å². The van der Waals surface area contributed by atoms with Crippen LogP contribution in [0.2, 0.25) is 0 Å². The molecule has 9 nitrogen and oxygen atoms in total. The van der Waals surface area contributed by atoms with Crippen LogP contribution in [0.25, 0.3) is 16.8 Å². The van der Waals surface area contributed by atoms with Crippen molar-refractivity contribution in [1.29, 1.82) is 0 Å². The van der Waals surface area contributed by atoms with Gasteiger partial charge in [-0.05, 0) is 72.1 Å². The molecular weight excluding hydrogens is 533 g/mol. The zero-order valence-electron chi connectivity index (χ0n) is 21.9. The van der Waals surface area contributed by atoms with E-state index >= 15 is 0 Å². The van der Waals surface area contributed by atoms with Crippen molar-refractivity contribution in [3.63, 3.8) is 0 Å². The molecule has 0 saturated carbocycles. The number of ether oxygens (including phenoxy) is 1. The van der Waals surface area contributed by atoms with Gasteiger partial charge in [-0.1, -0.05) is 24.3 Å². The molecule has 0 aliphatic carbocycles. The fourth-order valence-electron chi connectivity index (χ4n) is 4.14. The Morgan fingerprint density at radius 2 is 1.70 bits per heavy atom. The number of sulfone groups is 1. The third-order valence-electron chi connectivity index (χ3n) is 6.43. The van der Waals surface area contributed by atoms with Gasteiger partial charge in [0, 0.05) is 24.2 Å². The van der Waals surface area contributed by atoms with Gasteiger partial charge in [-0.2, -0.15) is 4.98 Å². The number of halogens is 1. The molecule has 0 bridgehead atoms. The molecule has 5 aromatic rings. The highest BCUT2D eigenvalue weighted by molar-refractivity contribution is 7.90. The molecule has 0 saturated heterocycles. The van der Waals surface area contributed by atoms with Crippen molar-refractivity contribution in [3.8, 4) is 16.9 Å². The summed E-state index contributed by atoms with van der Waals surface area (Å²) in [7, 11) is -1.92. The number of benzene rings is 3. The Kier molecular flexibility index (Phi) is 7.22. The molecule has 0 aliphatic rings. The van der Waals surface area contributed by atoms with E-state index in [0.29, 0.717) is 28.7 Å². The lowest BCUT2D eigenvalue weighted by Crippen LogP contribution is -2.18. The molecule has 40 heavy (non-hydrogen) atoms. The third-order valence-corrected chi connectivity index (χ3v) is 7.54. The van der Waals surface area contributed by atoms with E-state index in [1.54, 1.807) is 35.8 Å². The highest BCUT2D eigenvalue weighted by Crippen LogP contribution is 2.30. The highest BCUT2D eigenvalue weighted by atomic mass is 32.2. The summed E-state index contributed by atoms with van der Waals surface area (Å²) in [6.07, 6.45) is 2.92. The zero-order valence-corrected chi connectivity index (χ0v) is 22.7. The number of carbonyl (C=O) groups excluding carboxylic acids is 1. The largest absolute Gasteiger partial charge is 0.495 e. The summed E-state index contributed by atoms with van der Waals surface area (Å²) in [5, 5.41) is 10.4. The fraction of sp³-hybridized carbons (Fsp3) is 0.138. The molecule has 11 heteroatoms. The summed E-state index contributed by atoms with van der Waals surface area (Å²) >= 11 is 0. The number of carbonyl (C=O) groups is 1. The number of fused-ring (bicyclic) bond motifs is 1.